The molecule has 0 saturated carbocycles. The van der Waals surface area contributed by atoms with E-state index in [0.717, 1.165) is 31.5 Å². The molecular formula is C13H17NO3. The highest BCUT2D eigenvalue weighted by molar-refractivity contribution is 5.76. The Morgan fingerprint density at radius 3 is 2.59 bits per heavy atom. The van der Waals surface area contributed by atoms with Gasteiger partial charge in [-0.15, -0.1) is 0 Å². The second-order valence-corrected chi connectivity index (χ2v) is 4.23. The molecule has 0 aromatic heterocycles. The molecule has 2 rings (SSSR count). The van der Waals surface area contributed by atoms with E-state index in [0.29, 0.717) is 5.75 Å². The van der Waals surface area contributed by atoms with Crippen molar-refractivity contribution in [3.63, 3.8) is 0 Å². The van der Waals surface area contributed by atoms with Crippen LogP contribution in [0, 0.1) is 0 Å². The zero-order valence-electron chi connectivity index (χ0n) is 9.93. The first-order valence-electron chi connectivity index (χ1n) is 5.84. The summed E-state index contributed by atoms with van der Waals surface area (Å²) in [6.45, 7) is 1.68. The molecule has 17 heavy (non-hydrogen) atoms. The Labute approximate surface area is 101 Å². The van der Waals surface area contributed by atoms with Crippen LogP contribution in [-0.4, -0.2) is 36.2 Å². The van der Waals surface area contributed by atoms with Gasteiger partial charge in [-0.1, -0.05) is 18.2 Å². The summed E-state index contributed by atoms with van der Waals surface area (Å²) in [5, 5.41) is 9.41. The number of aliphatic carboxylic acids is 1. The van der Waals surface area contributed by atoms with Gasteiger partial charge in [-0.25, -0.2) is 0 Å². The molecule has 1 atom stereocenters. The molecule has 0 unspecified atom stereocenters. The quantitative estimate of drug-likeness (QED) is 0.866. The minimum absolute atomic E-state index is 0.589. The zero-order valence-corrected chi connectivity index (χ0v) is 9.93. The molecule has 1 aromatic carbocycles. The summed E-state index contributed by atoms with van der Waals surface area (Å²) in [6, 6.07) is 6.75. The number of hydrogen-bond acceptors (Lipinski definition) is 3. The highest BCUT2D eigenvalue weighted by Crippen LogP contribution is 2.31. The SMILES string of the molecule is COc1ccccc1[C@H](C(=O)O)N1CCCC1. The van der Waals surface area contributed by atoms with Crippen molar-refractivity contribution >= 4 is 5.97 Å². The molecule has 1 N–H and O–H groups in total. The lowest BCUT2D eigenvalue weighted by Gasteiger charge is -2.25. The van der Waals surface area contributed by atoms with E-state index < -0.39 is 12.0 Å². The summed E-state index contributed by atoms with van der Waals surface area (Å²) < 4.78 is 5.25. The largest absolute Gasteiger partial charge is 0.496 e. The van der Waals surface area contributed by atoms with E-state index in [4.69, 9.17) is 4.74 Å². The number of ether oxygens (including phenoxy) is 1. The normalized spacial score (nSPS) is 17.9. The third kappa shape index (κ3) is 2.42. The molecule has 0 spiro atoms. The maximum absolute atomic E-state index is 11.5. The molecule has 1 fully saturated rings. The molecule has 0 bridgehead atoms. The molecule has 1 aliphatic heterocycles. The molecule has 0 amide bonds. The Morgan fingerprint density at radius 1 is 1.35 bits per heavy atom. The minimum Gasteiger partial charge on any atom is -0.496 e. The maximum Gasteiger partial charge on any atom is 0.325 e. The van der Waals surface area contributed by atoms with E-state index in [1.165, 1.54) is 0 Å². The van der Waals surface area contributed by atoms with Crippen molar-refractivity contribution < 1.29 is 14.6 Å². The maximum atomic E-state index is 11.5. The Kier molecular flexibility index (Phi) is 3.64. The molecule has 1 aromatic rings. The van der Waals surface area contributed by atoms with Crippen LogP contribution in [-0.2, 0) is 4.79 Å². The number of hydrogen-bond donors (Lipinski definition) is 1. The van der Waals surface area contributed by atoms with Gasteiger partial charge in [-0.05, 0) is 32.0 Å². The van der Waals surface area contributed by atoms with Crippen molar-refractivity contribution in [2.45, 2.75) is 18.9 Å². The van der Waals surface area contributed by atoms with Gasteiger partial charge in [0.15, 0.2) is 0 Å². The Bertz CT molecular complexity index is 399. The lowest BCUT2D eigenvalue weighted by molar-refractivity contribution is -0.143. The zero-order chi connectivity index (χ0) is 12.3. The van der Waals surface area contributed by atoms with E-state index in [1.807, 2.05) is 23.1 Å². The average molecular weight is 235 g/mol. The predicted octanol–water partition coefficient (Wildman–Crippen LogP) is 1.92. The van der Waals surface area contributed by atoms with E-state index in [1.54, 1.807) is 13.2 Å². The molecule has 4 heteroatoms. The number of benzene rings is 1. The fourth-order valence-corrected chi connectivity index (χ4v) is 2.38. The van der Waals surface area contributed by atoms with Gasteiger partial charge in [0.05, 0.1) is 7.11 Å². The highest BCUT2D eigenvalue weighted by Gasteiger charge is 2.31. The number of carbonyl (C=O) groups is 1. The number of para-hydroxylation sites is 1. The van der Waals surface area contributed by atoms with Crippen molar-refractivity contribution in [2.24, 2.45) is 0 Å². The number of rotatable bonds is 4. The summed E-state index contributed by atoms with van der Waals surface area (Å²) in [6.07, 6.45) is 2.14. The van der Waals surface area contributed by atoms with Crippen molar-refractivity contribution in [1.82, 2.24) is 4.90 Å². The van der Waals surface area contributed by atoms with Crippen LogP contribution in [0.1, 0.15) is 24.4 Å². The second kappa shape index (κ2) is 5.19. The predicted molar refractivity (Wildman–Crippen MR) is 64.2 cm³/mol. The van der Waals surface area contributed by atoms with E-state index >= 15 is 0 Å². The second-order valence-electron chi connectivity index (χ2n) is 4.23. The fourth-order valence-electron chi connectivity index (χ4n) is 2.38. The van der Waals surface area contributed by atoms with Gasteiger partial charge in [-0.3, -0.25) is 9.69 Å². The van der Waals surface area contributed by atoms with Gasteiger partial charge >= 0.3 is 5.97 Å². The van der Waals surface area contributed by atoms with Crippen molar-refractivity contribution in [3.05, 3.63) is 29.8 Å². The number of carboxylic acid groups (broad SMARTS) is 1. The summed E-state index contributed by atoms with van der Waals surface area (Å²) in [4.78, 5) is 13.5. The average Bonchev–Trinajstić information content (AvgIpc) is 2.83. The lowest BCUT2D eigenvalue weighted by Crippen LogP contribution is -2.32. The van der Waals surface area contributed by atoms with Crippen molar-refractivity contribution in [3.8, 4) is 5.75 Å². The lowest BCUT2D eigenvalue weighted by atomic mass is 10.0. The van der Waals surface area contributed by atoms with E-state index in [2.05, 4.69) is 0 Å². The number of likely N-dealkylation sites (tertiary alicyclic amines) is 1. The van der Waals surface area contributed by atoms with E-state index in [9.17, 15) is 9.90 Å². The first-order valence-corrected chi connectivity index (χ1v) is 5.84. The highest BCUT2D eigenvalue weighted by atomic mass is 16.5. The monoisotopic (exact) mass is 235 g/mol. The number of carboxylic acids is 1. The van der Waals surface area contributed by atoms with Crippen LogP contribution in [0.5, 0.6) is 5.75 Å². The van der Waals surface area contributed by atoms with Gasteiger partial charge in [0, 0.05) is 5.56 Å². The Hall–Kier alpha value is -1.55. The summed E-state index contributed by atoms with van der Waals surface area (Å²) in [5.74, 6) is -0.164. The Morgan fingerprint density at radius 2 is 2.00 bits per heavy atom. The van der Waals surface area contributed by atoms with Crippen molar-refractivity contribution in [1.29, 1.82) is 0 Å². The first-order chi connectivity index (χ1) is 8.24. The molecule has 92 valence electrons. The third-order valence-corrected chi connectivity index (χ3v) is 3.17. The van der Waals surface area contributed by atoms with Crippen LogP contribution in [0.4, 0.5) is 0 Å². The summed E-state index contributed by atoms with van der Waals surface area (Å²) in [5.41, 5.74) is 0.740. The summed E-state index contributed by atoms with van der Waals surface area (Å²) >= 11 is 0. The van der Waals surface area contributed by atoms with Crippen LogP contribution < -0.4 is 4.74 Å². The standard InChI is InChI=1S/C13H17NO3/c1-17-11-7-3-2-6-10(11)12(13(15)16)14-8-4-5-9-14/h2-3,6-7,12H,4-5,8-9H2,1H3,(H,15,16)/t12-/m1/s1. The topological polar surface area (TPSA) is 49.8 Å². The van der Waals surface area contributed by atoms with Gasteiger partial charge in [0.25, 0.3) is 0 Å². The van der Waals surface area contributed by atoms with Gasteiger partial charge in [0.1, 0.15) is 11.8 Å². The third-order valence-electron chi connectivity index (χ3n) is 3.17. The van der Waals surface area contributed by atoms with Crippen LogP contribution in [0.3, 0.4) is 0 Å². The minimum atomic E-state index is -0.809. The molecular weight excluding hydrogens is 218 g/mol. The van der Waals surface area contributed by atoms with Crippen molar-refractivity contribution in [2.75, 3.05) is 20.2 Å². The van der Waals surface area contributed by atoms with Crippen LogP contribution >= 0.6 is 0 Å². The van der Waals surface area contributed by atoms with Crippen LogP contribution in [0.15, 0.2) is 24.3 Å². The smallest absolute Gasteiger partial charge is 0.325 e. The number of methoxy groups -OCH3 is 1. The molecule has 1 saturated heterocycles. The van der Waals surface area contributed by atoms with Gasteiger partial charge < -0.3 is 9.84 Å². The first kappa shape index (κ1) is 11.9. The van der Waals surface area contributed by atoms with Crippen LogP contribution in [0.2, 0.25) is 0 Å². The summed E-state index contributed by atoms with van der Waals surface area (Å²) in [7, 11) is 1.57. The van der Waals surface area contributed by atoms with Crippen LogP contribution in [0.25, 0.3) is 0 Å². The number of nitrogens with zero attached hydrogens (tertiary/aromatic N) is 1. The fraction of sp³-hybridized carbons (Fsp3) is 0.462. The molecule has 4 nitrogen and oxygen atoms in total. The molecule has 0 aliphatic carbocycles. The molecule has 0 radical (unpaired) electrons. The Balaban J connectivity index is 2.34. The van der Waals surface area contributed by atoms with Gasteiger partial charge in [-0.2, -0.15) is 0 Å². The molecule has 1 aliphatic rings. The van der Waals surface area contributed by atoms with E-state index in [-0.39, 0.29) is 0 Å². The van der Waals surface area contributed by atoms with Gasteiger partial charge in [0.2, 0.25) is 0 Å². The molecule has 1 heterocycles.